The van der Waals surface area contributed by atoms with Gasteiger partial charge in [0, 0.05) is 19.0 Å². The number of phosphoric ester groups is 2. The highest BCUT2D eigenvalue weighted by Crippen LogP contribution is 2.60. The lowest BCUT2D eigenvalue weighted by Crippen LogP contribution is -2.36. The van der Waals surface area contributed by atoms with Gasteiger partial charge in [0.15, 0.2) is 12.3 Å². The van der Waals surface area contributed by atoms with Crippen molar-refractivity contribution in [3.8, 4) is 0 Å². The van der Waals surface area contributed by atoms with Crippen molar-refractivity contribution < 1.29 is 71.4 Å². The second-order valence-corrected chi connectivity index (χ2v) is 21.6. The number of hydrogen-bond acceptors (Lipinski definition) is 16. The van der Waals surface area contributed by atoms with Crippen molar-refractivity contribution in [3.63, 3.8) is 0 Å². The van der Waals surface area contributed by atoms with E-state index in [1.165, 1.54) is 51.0 Å². The third kappa shape index (κ3) is 33.9. The molecular weight excluding hydrogens is 1020 g/mol. The van der Waals surface area contributed by atoms with Gasteiger partial charge in [0.1, 0.15) is 30.7 Å². The Morgan fingerprint density at radius 2 is 1.24 bits per heavy atom. The number of nitrogen functional groups attached to an aromatic ring is 1. The number of aliphatic hydroxyl groups excluding tert-OH is 3. The second-order valence-electron chi connectivity index (χ2n) is 18.6. The minimum atomic E-state index is -5.46. The zero-order valence-corrected chi connectivity index (χ0v) is 46.7. The van der Waals surface area contributed by atoms with E-state index in [0.29, 0.717) is 25.7 Å². The van der Waals surface area contributed by atoms with Crippen molar-refractivity contribution in [1.82, 2.24) is 9.55 Å². The van der Waals surface area contributed by atoms with Gasteiger partial charge in [0.25, 0.3) is 0 Å². The number of anilines is 1. The zero-order valence-electron chi connectivity index (χ0n) is 44.9. The minimum Gasteiger partial charge on any atom is -0.462 e. The van der Waals surface area contributed by atoms with Gasteiger partial charge in [0.2, 0.25) is 0 Å². The smallest absolute Gasteiger partial charge is 0.462 e. The van der Waals surface area contributed by atoms with Crippen LogP contribution >= 0.6 is 15.6 Å². The van der Waals surface area contributed by atoms with Crippen molar-refractivity contribution in [3.05, 3.63) is 108 Å². The molecule has 21 heteroatoms. The highest BCUT2D eigenvalue weighted by molar-refractivity contribution is 7.61. The van der Waals surface area contributed by atoms with Crippen molar-refractivity contribution >= 4 is 33.4 Å². The Labute approximate surface area is 450 Å². The second kappa shape index (κ2) is 41.9. The number of aromatic nitrogens is 2. The number of aliphatic hydroxyl groups is 3. The highest BCUT2D eigenvalue weighted by Gasteiger charge is 2.46. The molecule has 0 aliphatic carbocycles. The molecule has 0 saturated carbocycles. The lowest BCUT2D eigenvalue weighted by molar-refractivity contribution is -0.161. The molecule has 3 unspecified atom stereocenters. The van der Waals surface area contributed by atoms with Gasteiger partial charge in [-0.25, -0.2) is 13.9 Å². The number of hydrogen-bond donors (Lipinski definition) is 6. The molecule has 1 aromatic heterocycles. The Bertz CT molecular complexity index is 2120. The predicted octanol–water partition coefficient (Wildman–Crippen LogP) is 10.8. The highest BCUT2D eigenvalue weighted by atomic mass is 31.3. The summed E-state index contributed by atoms with van der Waals surface area (Å²) in [5.74, 6) is -1.45. The average molecular weight is 1110 g/mol. The average Bonchev–Trinajstić information content (AvgIpc) is 3.65. The lowest BCUT2D eigenvalue weighted by Gasteiger charge is -2.21. The molecule has 430 valence electrons. The predicted molar refractivity (Wildman–Crippen MR) is 294 cm³/mol. The molecule has 2 heterocycles. The molecule has 0 bridgehead atoms. The molecule has 0 radical (unpaired) electrons. The van der Waals surface area contributed by atoms with E-state index >= 15 is 0 Å². The number of carbonyl (C=O) groups excluding carboxylic acids is 2. The maximum absolute atomic E-state index is 12.9. The summed E-state index contributed by atoms with van der Waals surface area (Å²) in [6, 6.07) is 1.24. The number of carbonyl (C=O) groups is 2. The molecule has 1 aromatic rings. The van der Waals surface area contributed by atoms with Gasteiger partial charge in [-0.2, -0.15) is 9.29 Å². The topological polar surface area (TPSA) is 286 Å². The first-order chi connectivity index (χ1) is 36.6. The Morgan fingerprint density at radius 1 is 0.697 bits per heavy atom. The van der Waals surface area contributed by atoms with Crippen molar-refractivity contribution in [2.75, 3.05) is 25.6 Å². The van der Waals surface area contributed by atoms with E-state index < -0.39 is 89.8 Å². The number of nitrogens with zero attached hydrogens (tertiary/aromatic N) is 2. The fourth-order valence-corrected chi connectivity index (χ4v) is 9.62. The molecule has 2 rings (SSSR count). The molecule has 8 atom stereocenters. The first-order valence-corrected chi connectivity index (χ1v) is 30.2. The van der Waals surface area contributed by atoms with Crippen LogP contribution in [0.3, 0.4) is 0 Å². The van der Waals surface area contributed by atoms with Gasteiger partial charge in [0.05, 0.1) is 19.3 Å². The van der Waals surface area contributed by atoms with E-state index in [1.807, 2.05) is 18.2 Å². The van der Waals surface area contributed by atoms with E-state index in [4.69, 9.17) is 29.0 Å². The molecule has 76 heavy (non-hydrogen) atoms. The van der Waals surface area contributed by atoms with Crippen molar-refractivity contribution in [1.29, 1.82) is 0 Å². The third-order valence-corrected chi connectivity index (χ3v) is 14.4. The first-order valence-electron chi connectivity index (χ1n) is 27.2. The van der Waals surface area contributed by atoms with E-state index in [2.05, 4.69) is 71.8 Å². The van der Waals surface area contributed by atoms with Crippen LogP contribution in [0.25, 0.3) is 0 Å². The van der Waals surface area contributed by atoms with Gasteiger partial charge in [-0.3, -0.25) is 23.2 Å². The third-order valence-electron chi connectivity index (χ3n) is 11.8. The summed E-state index contributed by atoms with van der Waals surface area (Å²) in [5.41, 5.74) is 4.58. The van der Waals surface area contributed by atoms with Gasteiger partial charge < -0.3 is 45.1 Å². The molecule has 1 saturated heterocycles. The van der Waals surface area contributed by atoms with Crippen molar-refractivity contribution in [2.45, 2.75) is 205 Å². The lowest BCUT2D eigenvalue weighted by atomic mass is 10.1. The molecule has 1 fully saturated rings. The summed E-state index contributed by atoms with van der Waals surface area (Å²) in [4.78, 5) is 62.0. The fraction of sp³-hybridized carbons (Fsp3) is 0.636. The summed E-state index contributed by atoms with van der Waals surface area (Å²) < 4.78 is 56.8. The summed E-state index contributed by atoms with van der Waals surface area (Å²) in [6.45, 7) is 1.96. The normalized spacial score (nSPS) is 19.8. The number of phosphoric acid groups is 2. The minimum absolute atomic E-state index is 0.00189. The number of esters is 2. The standard InChI is InChI=1S/C55H89N3O16P2/c1-3-5-7-9-11-13-14-15-16-17-18-19-20-21-22-23-25-27-31-36-40-51(61)72-47(43-69-50(60)39-35-32-28-30-34-38-46(59)37-33-29-26-24-12-10-8-6-4-2)44-70-75(65,66)74-76(67,68)71-45-48-52(62)53(63)54(73-48)58-42-41-49(56)57-55(58)64/h12-14,16-17,19-20,24,28-30,33-34,38,41-42,46-48,52-54,59,62-63H,3-11,15,18,21-23,25-27,31-32,35-37,39-40,43-45H2,1-2H3,(H,65,66)(H,67,68)(H2,56,57,64)/b14-13-,17-16-,20-19-,24-12-,30-28+,33-29-,38-34-/t46?,47-,48-,52-,53-,54-/m1/s1. The van der Waals surface area contributed by atoms with Gasteiger partial charge in [-0.1, -0.05) is 157 Å². The molecule has 7 N–H and O–H groups in total. The Balaban J connectivity index is 1.83. The van der Waals surface area contributed by atoms with Gasteiger partial charge in [-0.15, -0.1) is 0 Å². The SMILES string of the molecule is CCCCC/C=C\C/C=C\CC(O)/C=C\C=C\CCCC(=O)OC[C@H](COP(=O)(O)OP(=O)(O)OC[C@H]1O[C@@H](n2ccc(N)nc2=O)[C@H](O)[C@@H]1O)OC(=O)CCCCCCCC/C=C\C/C=C\C/C=C\CCCCCC. The number of nitrogens with two attached hydrogens (primary N) is 1. The van der Waals surface area contributed by atoms with Crippen LogP contribution < -0.4 is 11.4 Å². The maximum atomic E-state index is 12.9. The van der Waals surface area contributed by atoms with Crippen LogP contribution in [0.5, 0.6) is 0 Å². The Hall–Kier alpha value is -4.10. The molecular formula is C55H89N3O16P2. The number of rotatable bonds is 44. The van der Waals surface area contributed by atoms with Gasteiger partial charge in [-0.05, 0) is 89.5 Å². The van der Waals surface area contributed by atoms with Crippen LogP contribution in [0, 0.1) is 0 Å². The van der Waals surface area contributed by atoms with Crippen LogP contribution in [0.1, 0.15) is 174 Å². The molecule has 19 nitrogen and oxygen atoms in total. The number of allylic oxidation sites excluding steroid dienone is 12. The summed E-state index contributed by atoms with van der Waals surface area (Å²) in [6.07, 6.45) is 42.5. The molecule has 0 aromatic carbocycles. The fourth-order valence-electron chi connectivity index (χ4n) is 7.51. The number of ether oxygens (including phenoxy) is 3. The maximum Gasteiger partial charge on any atom is 0.481 e. The molecule has 0 amide bonds. The summed E-state index contributed by atoms with van der Waals surface area (Å²) in [7, 11) is -10.9. The van der Waals surface area contributed by atoms with Crippen LogP contribution in [0.2, 0.25) is 0 Å². The van der Waals surface area contributed by atoms with E-state index in [-0.39, 0.29) is 18.7 Å². The molecule has 1 aliphatic rings. The van der Waals surface area contributed by atoms with Crippen LogP contribution in [0.15, 0.2) is 102 Å². The van der Waals surface area contributed by atoms with Crippen LogP contribution in [0.4, 0.5) is 5.82 Å². The first kappa shape index (κ1) is 68.0. The number of unbranched alkanes of at least 4 members (excludes halogenated alkanes) is 14. The van der Waals surface area contributed by atoms with E-state index in [0.717, 1.165) is 81.4 Å². The molecule has 0 spiro atoms. The van der Waals surface area contributed by atoms with Gasteiger partial charge >= 0.3 is 33.3 Å². The Kier molecular flexibility index (Phi) is 37.5. The monoisotopic (exact) mass is 1110 g/mol. The zero-order chi connectivity index (χ0) is 55.7. The van der Waals surface area contributed by atoms with E-state index in [9.17, 15) is 48.6 Å². The molecule has 1 aliphatic heterocycles. The van der Waals surface area contributed by atoms with Crippen LogP contribution in [-0.4, -0.2) is 96.9 Å². The van der Waals surface area contributed by atoms with Crippen LogP contribution in [-0.2, 0) is 46.3 Å². The summed E-state index contributed by atoms with van der Waals surface area (Å²) >= 11 is 0. The van der Waals surface area contributed by atoms with E-state index in [1.54, 1.807) is 18.2 Å². The largest absolute Gasteiger partial charge is 0.481 e. The Morgan fingerprint density at radius 3 is 1.88 bits per heavy atom. The quantitative estimate of drug-likeness (QED) is 0.0116. The van der Waals surface area contributed by atoms with Crippen molar-refractivity contribution in [2.24, 2.45) is 0 Å². The summed E-state index contributed by atoms with van der Waals surface area (Å²) in [5, 5.41) is 31.1.